The van der Waals surface area contributed by atoms with Gasteiger partial charge in [0.1, 0.15) is 11.9 Å². The molecule has 28 heavy (non-hydrogen) atoms. The molecule has 9 heteroatoms. The fraction of sp³-hybridized carbons (Fsp3) is 0.474. The van der Waals surface area contributed by atoms with Crippen LogP contribution >= 0.6 is 0 Å². The first-order valence-electron chi connectivity index (χ1n) is 9.34. The highest BCUT2D eigenvalue weighted by atomic mass is 32.2. The Morgan fingerprint density at radius 3 is 2.43 bits per heavy atom. The Balaban J connectivity index is 1.53. The summed E-state index contributed by atoms with van der Waals surface area (Å²) in [6.07, 6.45) is 1.68. The number of benzene rings is 1. The van der Waals surface area contributed by atoms with E-state index >= 15 is 0 Å². The summed E-state index contributed by atoms with van der Waals surface area (Å²) in [7, 11) is 0.325. The largest absolute Gasteiger partial charge is 0.385 e. The summed E-state index contributed by atoms with van der Waals surface area (Å²) in [5, 5.41) is 9.72. The number of fused-ring (bicyclic) bond motifs is 2. The molecule has 2 aliphatic heterocycles. The lowest BCUT2D eigenvalue weighted by atomic mass is 10.2. The number of piperazine rings is 1. The van der Waals surface area contributed by atoms with Crippen molar-refractivity contribution in [3.05, 3.63) is 42.4 Å². The third-order valence-electron chi connectivity index (χ3n) is 5.48. The van der Waals surface area contributed by atoms with Crippen LogP contribution in [-0.2, 0) is 10.0 Å². The molecular weight excluding hydrogens is 378 g/mol. The molecule has 0 spiro atoms. The Morgan fingerprint density at radius 1 is 1.14 bits per heavy atom. The molecule has 3 unspecified atom stereocenters. The quantitative estimate of drug-likeness (QED) is 0.803. The average Bonchev–Trinajstić information content (AvgIpc) is 3.29. The van der Waals surface area contributed by atoms with Crippen molar-refractivity contribution in [3.8, 4) is 0 Å². The smallest absolute Gasteiger partial charge is 0.243 e. The molecule has 4 rings (SSSR count). The van der Waals surface area contributed by atoms with Crippen LogP contribution in [0.2, 0.25) is 0 Å². The SMILES string of the molecule is CC(O)c1nccc(N2CC3CC2CN3S(=O)(=O)c2ccc(N(C)C)cc2)n1. The Bertz CT molecular complexity index is 962. The molecule has 2 saturated heterocycles. The van der Waals surface area contributed by atoms with E-state index in [-0.39, 0.29) is 12.1 Å². The summed E-state index contributed by atoms with van der Waals surface area (Å²) in [6.45, 7) is 2.66. The Hall–Kier alpha value is -2.23. The van der Waals surface area contributed by atoms with Gasteiger partial charge < -0.3 is 14.9 Å². The lowest BCUT2D eigenvalue weighted by Crippen LogP contribution is -2.49. The predicted molar refractivity (Wildman–Crippen MR) is 107 cm³/mol. The first kappa shape index (κ1) is 19.1. The van der Waals surface area contributed by atoms with Crippen molar-refractivity contribution >= 4 is 21.5 Å². The number of sulfonamides is 1. The lowest BCUT2D eigenvalue weighted by Gasteiger charge is -2.34. The molecule has 8 nitrogen and oxygen atoms in total. The van der Waals surface area contributed by atoms with Crippen molar-refractivity contribution in [3.63, 3.8) is 0 Å². The van der Waals surface area contributed by atoms with E-state index in [1.807, 2.05) is 37.2 Å². The van der Waals surface area contributed by atoms with Crippen LogP contribution in [0.3, 0.4) is 0 Å². The van der Waals surface area contributed by atoms with E-state index in [4.69, 9.17) is 0 Å². The third-order valence-corrected chi connectivity index (χ3v) is 7.41. The summed E-state index contributed by atoms with van der Waals surface area (Å²) in [5.41, 5.74) is 0.964. The highest BCUT2D eigenvalue weighted by Gasteiger charge is 2.48. The number of hydrogen-bond donors (Lipinski definition) is 1. The topological polar surface area (TPSA) is 89.9 Å². The molecule has 0 amide bonds. The van der Waals surface area contributed by atoms with E-state index in [0.717, 1.165) is 17.9 Å². The second-order valence-electron chi connectivity index (χ2n) is 7.61. The van der Waals surface area contributed by atoms with E-state index in [0.29, 0.717) is 23.8 Å². The Morgan fingerprint density at radius 2 is 1.86 bits per heavy atom. The third kappa shape index (κ3) is 3.23. The molecule has 3 heterocycles. The van der Waals surface area contributed by atoms with Crippen molar-refractivity contribution in [1.29, 1.82) is 0 Å². The number of nitrogens with zero attached hydrogens (tertiary/aromatic N) is 5. The van der Waals surface area contributed by atoms with Gasteiger partial charge in [0.25, 0.3) is 0 Å². The number of aliphatic hydroxyl groups is 1. The van der Waals surface area contributed by atoms with Crippen LogP contribution in [0.5, 0.6) is 0 Å². The minimum atomic E-state index is -3.52. The summed E-state index contributed by atoms with van der Waals surface area (Å²) in [4.78, 5) is 12.9. The highest BCUT2D eigenvalue weighted by molar-refractivity contribution is 7.89. The molecule has 3 atom stereocenters. The molecule has 150 valence electrons. The van der Waals surface area contributed by atoms with E-state index in [1.54, 1.807) is 29.6 Å². The van der Waals surface area contributed by atoms with Gasteiger partial charge in [0.05, 0.1) is 4.90 Å². The van der Waals surface area contributed by atoms with E-state index < -0.39 is 16.1 Å². The zero-order valence-electron chi connectivity index (χ0n) is 16.2. The van der Waals surface area contributed by atoms with Crippen LogP contribution in [-0.4, -0.2) is 67.1 Å². The van der Waals surface area contributed by atoms with Gasteiger partial charge in [-0.05, 0) is 43.7 Å². The van der Waals surface area contributed by atoms with Crippen LogP contribution in [0.15, 0.2) is 41.4 Å². The Labute approximate surface area is 165 Å². The van der Waals surface area contributed by atoms with Crippen LogP contribution in [0.1, 0.15) is 25.3 Å². The summed E-state index contributed by atoms with van der Waals surface area (Å²) in [5.74, 6) is 1.12. The van der Waals surface area contributed by atoms with Gasteiger partial charge in [-0.2, -0.15) is 4.31 Å². The van der Waals surface area contributed by atoms with Gasteiger partial charge in [-0.3, -0.25) is 0 Å². The van der Waals surface area contributed by atoms with E-state index in [9.17, 15) is 13.5 Å². The standard InChI is InChI=1S/C19H25N5O3S/c1-13(25)19-20-9-8-18(21-19)23-11-16-10-15(23)12-24(16)28(26,27)17-6-4-14(5-7-17)22(2)3/h4-9,13,15-16,25H,10-12H2,1-3H3. The van der Waals surface area contributed by atoms with Crippen LogP contribution in [0.4, 0.5) is 11.5 Å². The summed E-state index contributed by atoms with van der Waals surface area (Å²) < 4.78 is 27.9. The van der Waals surface area contributed by atoms with Gasteiger partial charge in [-0.15, -0.1) is 0 Å². The fourth-order valence-corrected chi connectivity index (χ4v) is 5.65. The molecular formula is C19H25N5O3S. The van der Waals surface area contributed by atoms with Gasteiger partial charge in [0, 0.05) is 51.2 Å². The lowest BCUT2D eigenvalue weighted by molar-refractivity contribution is 0.189. The molecule has 2 aliphatic rings. The molecule has 1 aromatic carbocycles. The summed E-state index contributed by atoms with van der Waals surface area (Å²) >= 11 is 0. The van der Waals surface area contributed by atoms with Crippen molar-refractivity contribution in [2.75, 3.05) is 37.0 Å². The van der Waals surface area contributed by atoms with Crippen LogP contribution < -0.4 is 9.80 Å². The number of aromatic nitrogens is 2. The van der Waals surface area contributed by atoms with Gasteiger partial charge in [0.15, 0.2) is 5.82 Å². The monoisotopic (exact) mass is 403 g/mol. The molecule has 2 aromatic rings. The normalized spacial score (nSPS) is 23.2. The average molecular weight is 404 g/mol. The van der Waals surface area contributed by atoms with Gasteiger partial charge >= 0.3 is 0 Å². The molecule has 0 aliphatic carbocycles. The first-order valence-corrected chi connectivity index (χ1v) is 10.8. The summed E-state index contributed by atoms with van der Waals surface area (Å²) in [6, 6.07) is 8.82. The van der Waals surface area contributed by atoms with Crippen molar-refractivity contribution < 1.29 is 13.5 Å². The number of anilines is 2. The van der Waals surface area contributed by atoms with Crippen LogP contribution in [0, 0.1) is 0 Å². The molecule has 1 aromatic heterocycles. The first-order chi connectivity index (χ1) is 13.3. The Kier molecular flexibility index (Phi) is 4.76. The zero-order chi connectivity index (χ0) is 20.1. The van der Waals surface area contributed by atoms with Gasteiger partial charge in [-0.25, -0.2) is 18.4 Å². The van der Waals surface area contributed by atoms with Gasteiger partial charge in [-0.1, -0.05) is 0 Å². The molecule has 0 radical (unpaired) electrons. The van der Waals surface area contributed by atoms with Gasteiger partial charge in [0.2, 0.25) is 10.0 Å². The number of hydrogen-bond acceptors (Lipinski definition) is 7. The maximum absolute atomic E-state index is 13.1. The minimum absolute atomic E-state index is 0.0755. The molecule has 2 fully saturated rings. The highest BCUT2D eigenvalue weighted by Crippen LogP contribution is 2.37. The molecule has 0 saturated carbocycles. The minimum Gasteiger partial charge on any atom is -0.385 e. The van der Waals surface area contributed by atoms with Crippen molar-refractivity contribution in [2.45, 2.75) is 36.4 Å². The van der Waals surface area contributed by atoms with E-state index in [2.05, 4.69) is 14.9 Å². The van der Waals surface area contributed by atoms with Crippen molar-refractivity contribution in [1.82, 2.24) is 14.3 Å². The van der Waals surface area contributed by atoms with Crippen LogP contribution in [0.25, 0.3) is 0 Å². The fourth-order valence-electron chi connectivity index (χ4n) is 3.98. The zero-order valence-corrected chi connectivity index (χ0v) is 17.0. The second-order valence-corrected chi connectivity index (χ2v) is 9.50. The molecule has 2 bridgehead atoms. The maximum atomic E-state index is 13.1. The maximum Gasteiger partial charge on any atom is 0.243 e. The van der Waals surface area contributed by atoms with Crippen molar-refractivity contribution in [2.24, 2.45) is 0 Å². The number of aliphatic hydroxyl groups excluding tert-OH is 1. The second kappa shape index (κ2) is 6.98. The molecule has 1 N–H and O–H groups in total. The predicted octanol–water partition coefficient (Wildman–Crippen LogP) is 1.25. The number of rotatable bonds is 5. The van der Waals surface area contributed by atoms with E-state index in [1.165, 1.54) is 0 Å².